The number of benzene rings is 1. The van der Waals surface area contributed by atoms with Crippen LogP contribution >= 0.6 is 11.3 Å². The zero-order valence-electron chi connectivity index (χ0n) is 10.0. The molecule has 1 aromatic heterocycles. The molecule has 0 bridgehead atoms. The highest BCUT2D eigenvalue weighted by molar-refractivity contribution is 7.15. The molecule has 90 valence electrons. The number of rotatable bonds is 2. The molecule has 1 aliphatic heterocycles. The summed E-state index contributed by atoms with van der Waals surface area (Å²) in [6.45, 7) is 2.94. The molecule has 0 spiro atoms. The van der Waals surface area contributed by atoms with Crippen molar-refractivity contribution in [3.05, 3.63) is 40.9 Å². The Morgan fingerprint density at radius 3 is 2.61 bits per heavy atom. The van der Waals surface area contributed by atoms with Crippen LogP contribution in [-0.4, -0.2) is 18.2 Å². The molecule has 1 saturated heterocycles. The summed E-state index contributed by atoms with van der Waals surface area (Å²) in [7, 11) is 0. The van der Waals surface area contributed by atoms with Crippen molar-refractivity contribution < 1.29 is 4.74 Å². The number of thiazole rings is 1. The van der Waals surface area contributed by atoms with Crippen molar-refractivity contribution in [1.82, 2.24) is 4.98 Å². The summed E-state index contributed by atoms with van der Waals surface area (Å²) in [5.41, 5.74) is 1.59. The van der Waals surface area contributed by atoms with Gasteiger partial charge in [0.05, 0.1) is 29.9 Å². The van der Waals surface area contributed by atoms with Crippen LogP contribution in [0.25, 0.3) is 10.6 Å². The molecule has 2 heterocycles. The second-order valence-corrected chi connectivity index (χ2v) is 5.49. The molecule has 18 heavy (non-hydrogen) atoms. The molecule has 0 unspecified atom stereocenters. The van der Waals surface area contributed by atoms with E-state index in [1.165, 1.54) is 0 Å². The summed E-state index contributed by atoms with van der Waals surface area (Å²) in [4.78, 5) is 5.64. The highest BCUT2D eigenvalue weighted by Crippen LogP contribution is 2.40. The maximum absolute atomic E-state index is 9.34. The van der Waals surface area contributed by atoms with E-state index in [1.54, 1.807) is 11.3 Å². The molecule has 0 aliphatic carbocycles. The molecule has 1 aliphatic rings. The molecule has 0 amide bonds. The second-order valence-electron chi connectivity index (χ2n) is 4.49. The highest BCUT2D eigenvalue weighted by Gasteiger charge is 2.44. The molecule has 1 fully saturated rings. The number of aryl methyl sites for hydroxylation is 1. The SMILES string of the molecule is Cc1nc(-c2ccccc2)sc1C1(C#N)COC1. The summed E-state index contributed by atoms with van der Waals surface area (Å²) in [6.07, 6.45) is 0. The lowest BCUT2D eigenvalue weighted by molar-refractivity contribution is -0.0284. The Morgan fingerprint density at radius 1 is 1.33 bits per heavy atom. The minimum Gasteiger partial charge on any atom is -0.377 e. The highest BCUT2D eigenvalue weighted by atomic mass is 32.1. The van der Waals surface area contributed by atoms with Crippen LogP contribution in [0.1, 0.15) is 10.6 Å². The maximum Gasteiger partial charge on any atom is 0.140 e. The van der Waals surface area contributed by atoms with Crippen LogP contribution in [0.2, 0.25) is 0 Å². The third-order valence-electron chi connectivity index (χ3n) is 3.16. The molecule has 0 atom stereocenters. The smallest absolute Gasteiger partial charge is 0.140 e. The lowest BCUT2D eigenvalue weighted by Crippen LogP contribution is -2.45. The fourth-order valence-electron chi connectivity index (χ4n) is 2.10. The van der Waals surface area contributed by atoms with Crippen molar-refractivity contribution in [2.24, 2.45) is 0 Å². The third kappa shape index (κ3) is 1.64. The Morgan fingerprint density at radius 2 is 2.06 bits per heavy atom. The van der Waals surface area contributed by atoms with Gasteiger partial charge in [-0.2, -0.15) is 5.26 Å². The van der Waals surface area contributed by atoms with E-state index in [1.807, 2.05) is 37.3 Å². The zero-order valence-corrected chi connectivity index (χ0v) is 10.8. The Bertz CT molecular complexity index is 608. The van der Waals surface area contributed by atoms with Crippen LogP contribution in [0.3, 0.4) is 0 Å². The number of aromatic nitrogens is 1. The van der Waals surface area contributed by atoms with Crippen LogP contribution in [0.15, 0.2) is 30.3 Å². The second kappa shape index (κ2) is 4.20. The standard InChI is InChI=1S/C14H12N2OS/c1-10-12(14(7-15)8-17-9-14)18-13(16-10)11-5-3-2-4-6-11/h2-6H,8-9H2,1H3. The van der Waals surface area contributed by atoms with Gasteiger partial charge in [0.15, 0.2) is 0 Å². The van der Waals surface area contributed by atoms with Gasteiger partial charge in [-0.3, -0.25) is 0 Å². The van der Waals surface area contributed by atoms with Crippen molar-refractivity contribution in [2.75, 3.05) is 13.2 Å². The topological polar surface area (TPSA) is 45.9 Å². The fraction of sp³-hybridized carbons (Fsp3) is 0.286. The van der Waals surface area contributed by atoms with Gasteiger partial charge in [0.25, 0.3) is 0 Å². The molecule has 2 aromatic rings. The van der Waals surface area contributed by atoms with Gasteiger partial charge in [-0.25, -0.2) is 4.98 Å². The van der Waals surface area contributed by atoms with E-state index in [0.717, 1.165) is 21.1 Å². The van der Waals surface area contributed by atoms with E-state index >= 15 is 0 Å². The van der Waals surface area contributed by atoms with E-state index in [9.17, 15) is 5.26 Å². The van der Waals surface area contributed by atoms with Crippen molar-refractivity contribution in [2.45, 2.75) is 12.3 Å². The van der Waals surface area contributed by atoms with Crippen molar-refractivity contribution in [3.8, 4) is 16.6 Å². The van der Waals surface area contributed by atoms with Gasteiger partial charge in [-0.1, -0.05) is 30.3 Å². The van der Waals surface area contributed by atoms with Crippen LogP contribution in [-0.2, 0) is 10.2 Å². The Kier molecular flexibility index (Phi) is 2.66. The van der Waals surface area contributed by atoms with Gasteiger partial charge in [0.2, 0.25) is 0 Å². The molecular weight excluding hydrogens is 244 g/mol. The molecular formula is C14H12N2OS. The van der Waals surface area contributed by atoms with Crippen molar-refractivity contribution >= 4 is 11.3 Å². The summed E-state index contributed by atoms with van der Waals surface area (Å²) >= 11 is 1.61. The van der Waals surface area contributed by atoms with Gasteiger partial charge >= 0.3 is 0 Å². The van der Waals surface area contributed by atoms with E-state index < -0.39 is 5.41 Å². The van der Waals surface area contributed by atoms with E-state index in [0.29, 0.717) is 13.2 Å². The molecule has 0 N–H and O–H groups in total. The number of nitrogens with zero attached hydrogens (tertiary/aromatic N) is 2. The summed E-state index contributed by atoms with van der Waals surface area (Å²) in [5, 5.41) is 10.3. The first-order valence-electron chi connectivity index (χ1n) is 5.77. The largest absolute Gasteiger partial charge is 0.377 e. The van der Waals surface area contributed by atoms with Crippen LogP contribution < -0.4 is 0 Å². The molecule has 0 radical (unpaired) electrons. The maximum atomic E-state index is 9.34. The van der Waals surface area contributed by atoms with Crippen LogP contribution in [0.4, 0.5) is 0 Å². The van der Waals surface area contributed by atoms with Gasteiger partial charge in [-0.05, 0) is 6.92 Å². The summed E-state index contributed by atoms with van der Waals surface area (Å²) in [6, 6.07) is 12.4. The monoisotopic (exact) mass is 256 g/mol. The van der Waals surface area contributed by atoms with Crippen LogP contribution in [0, 0.1) is 18.3 Å². The Balaban J connectivity index is 2.05. The van der Waals surface area contributed by atoms with Crippen LogP contribution in [0.5, 0.6) is 0 Å². The third-order valence-corrected chi connectivity index (χ3v) is 4.57. The molecule has 0 saturated carbocycles. The van der Waals surface area contributed by atoms with Gasteiger partial charge < -0.3 is 4.74 Å². The molecule has 1 aromatic carbocycles. The predicted molar refractivity (Wildman–Crippen MR) is 70.4 cm³/mol. The first-order chi connectivity index (χ1) is 8.75. The number of ether oxygens (including phenoxy) is 1. The fourth-order valence-corrected chi connectivity index (χ4v) is 3.28. The first-order valence-corrected chi connectivity index (χ1v) is 6.59. The summed E-state index contributed by atoms with van der Waals surface area (Å²) < 4.78 is 5.21. The molecule has 3 nitrogen and oxygen atoms in total. The van der Waals surface area contributed by atoms with E-state index in [-0.39, 0.29) is 0 Å². The van der Waals surface area contributed by atoms with Gasteiger partial charge in [0.1, 0.15) is 10.4 Å². The Labute approximate surface area is 110 Å². The summed E-state index contributed by atoms with van der Waals surface area (Å²) in [5.74, 6) is 0. The molecule has 3 rings (SSSR count). The van der Waals surface area contributed by atoms with Gasteiger partial charge in [0, 0.05) is 5.56 Å². The normalized spacial score (nSPS) is 16.9. The van der Waals surface area contributed by atoms with Crippen molar-refractivity contribution in [1.29, 1.82) is 5.26 Å². The number of nitriles is 1. The lowest BCUT2D eigenvalue weighted by Gasteiger charge is -2.34. The van der Waals surface area contributed by atoms with E-state index in [4.69, 9.17) is 4.74 Å². The lowest BCUT2D eigenvalue weighted by atomic mass is 9.85. The van der Waals surface area contributed by atoms with Gasteiger partial charge in [-0.15, -0.1) is 11.3 Å². The van der Waals surface area contributed by atoms with E-state index in [2.05, 4.69) is 11.1 Å². The number of hydrogen-bond donors (Lipinski definition) is 0. The van der Waals surface area contributed by atoms with Crippen molar-refractivity contribution in [3.63, 3.8) is 0 Å². The molecule has 4 heteroatoms. The minimum absolute atomic E-state index is 0.464. The minimum atomic E-state index is -0.464. The average molecular weight is 256 g/mol. The quantitative estimate of drug-likeness (QED) is 0.830. The Hall–Kier alpha value is -1.70. The number of hydrogen-bond acceptors (Lipinski definition) is 4. The average Bonchev–Trinajstić information content (AvgIpc) is 2.73. The predicted octanol–water partition coefficient (Wildman–Crippen LogP) is 2.91. The zero-order chi connectivity index (χ0) is 12.6. The first kappa shape index (κ1) is 11.4.